The van der Waals surface area contributed by atoms with Gasteiger partial charge < -0.3 is 15.0 Å². The fourth-order valence-electron chi connectivity index (χ4n) is 1.98. The van der Waals surface area contributed by atoms with Gasteiger partial charge in [0.05, 0.1) is 6.54 Å². The monoisotopic (exact) mass is 288 g/mol. The molecule has 1 aromatic rings. The molecule has 0 unspecified atom stereocenters. The second-order valence-electron chi connectivity index (χ2n) is 5.61. The summed E-state index contributed by atoms with van der Waals surface area (Å²) < 4.78 is 26.0. The molecular formula is C14H22F2N2O2. The maximum Gasteiger partial charge on any atom is 0.267 e. The van der Waals surface area contributed by atoms with Gasteiger partial charge in [-0.25, -0.2) is 8.78 Å². The molecule has 2 N–H and O–H groups in total. The number of carbonyl (C=O) groups is 1. The van der Waals surface area contributed by atoms with Crippen molar-refractivity contribution in [2.75, 3.05) is 13.2 Å². The molecule has 0 spiro atoms. The number of amides is 1. The van der Waals surface area contributed by atoms with Crippen molar-refractivity contribution in [2.24, 2.45) is 5.41 Å². The number of alkyl halides is 2. The molecule has 20 heavy (non-hydrogen) atoms. The highest BCUT2D eigenvalue weighted by Crippen LogP contribution is 2.21. The number of rotatable bonds is 8. The molecule has 4 nitrogen and oxygen atoms in total. The quantitative estimate of drug-likeness (QED) is 0.771. The minimum atomic E-state index is -2.49. The Morgan fingerprint density at radius 3 is 2.80 bits per heavy atom. The van der Waals surface area contributed by atoms with Gasteiger partial charge in [-0.15, -0.1) is 0 Å². The van der Waals surface area contributed by atoms with Crippen LogP contribution in [-0.4, -0.2) is 35.2 Å². The highest BCUT2D eigenvalue weighted by Gasteiger charge is 2.20. The number of carbonyl (C=O) groups excluding carboxylic acids is 1. The molecule has 6 heteroatoms. The third-order valence-electron chi connectivity index (χ3n) is 3.14. The van der Waals surface area contributed by atoms with Gasteiger partial charge in [-0.1, -0.05) is 13.8 Å². The van der Waals surface area contributed by atoms with Gasteiger partial charge in [0.15, 0.2) is 0 Å². The van der Waals surface area contributed by atoms with Crippen LogP contribution in [-0.2, 0) is 6.54 Å². The smallest absolute Gasteiger partial charge is 0.267 e. The SMILES string of the molecule is CC(C)(CCCO)CNC(=O)c1cccn1CC(F)F. The van der Waals surface area contributed by atoms with Crippen molar-refractivity contribution < 1.29 is 18.7 Å². The van der Waals surface area contributed by atoms with E-state index < -0.39 is 13.0 Å². The van der Waals surface area contributed by atoms with Gasteiger partial charge in [0.2, 0.25) is 0 Å². The molecule has 0 bridgehead atoms. The van der Waals surface area contributed by atoms with E-state index in [1.54, 1.807) is 6.07 Å². The summed E-state index contributed by atoms with van der Waals surface area (Å²) in [7, 11) is 0. The molecule has 1 heterocycles. The van der Waals surface area contributed by atoms with Crippen molar-refractivity contribution in [3.05, 3.63) is 24.0 Å². The van der Waals surface area contributed by atoms with Crippen LogP contribution in [0.5, 0.6) is 0 Å². The van der Waals surface area contributed by atoms with Crippen molar-refractivity contribution in [3.63, 3.8) is 0 Å². The molecule has 0 aromatic carbocycles. The van der Waals surface area contributed by atoms with Crippen molar-refractivity contribution in [1.82, 2.24) is 9.88 Å². The Balaban J connectivity index is 2.57. The van der Waals surface area contributed by atoms with Crippen molar-refractivity contribution in [2.45, 2.75) is 39.7 Å². The van der Waals surface area contributed by atoms with Crippen LogP contribution in [0, 0.1) is 5.41 Å². The van der Waals surface area contributed by atoms with Crippen LogP contribution in [0.15, 0.2) is 18.3 Å². The molecule has 1 amide bonds. The average Bonchev–Trinajstić information content (AvgIpc) is 2.81. The minimum absolute atomic E-state index is 0.120. The van der Waals surface area contributed by atoms with Gasteiger partial charge in [-0.2, -0.15) is 0 Å². The summed E-state index contributed by atoms with van der Waals surface area (Å²) in [6.07, 6.45) is 0.430. The summed E-state index contributed by atoms with van der Waals surface area (Å²) in [6, 6.07) is 3.10. The van der Waals surface area contributed by atoms with Crippen molar-refractivity contribution in [3.8, 4) is 0 Å². The summed E-state index contributed by atoms with van der Waals surface area (Å²) in [5.74, 6) is -0.354. The van der Waals surface area contributed by atoms with E-state index in [0.29, 0.717) is 13.0 Å². The summed E-state index contributed by atoms with van der Waals surface area (Å²) in [5, 5.41) is 11.6. The Hall–Kier alpha value is -1.43. The first kappa shape index (κ1) is 16.6. The van der Waals surface area contributed by atoms with E-state index in [1.165, 1.54) is 16.8 Å². The Kier molecular flexibility index (Phi) is 6.13. The molecule has 1 aromatic heterocycles. The third-order valence-corrected chi connectivity index (χ3v) is 3.14. The predicted molar refractivity (Wildman–Crippen MR) is 72.9 cm³/mol. The lowest BCUT2D eigenvalue weighted by atomic mass is 9.88. The van der Waals surface area contributed by atoms with Gasteiger partial charge in [-0.05, 0) is 30.4 Å². The number of aliphatic hydroxyl groups is 1. The topological polar surface area (TPSA) is 54.3 Å². The van der Waals surface area contributed by atoms with Crippen LogP contribution < -0.4 is 5.32 Å². The predicted octanol–water partition coefficient (Wildman–Crippen LogP) is 2.28. The first-order chi connectivity index (χ1) is 9.35. The first-order valence-electron chi connectivity index (χ1n) is 6.68. The molecule has 0 aliphatic carbocycles. The number of hydrogen-bond donors (Lipinski definition) is 2. The molecule has 0 aliphatic heterocycles. The lowest BCUT2D eigenvalue weighted by Crippen LogP contribution is -2.35. The van der Waals surface area contributed by atoms with Gasteiger partial charge in [0, 0.05) is 19.3 Å². The van der Waals surface area contributed by atoms with Gasteiger partial charge in [0.1, 0.15) is 5.69 Å². The zero-order chi connectivity index (χ0) is 15.2. The van der Waals surface area contributed by atoms with Crippen LogP contribution >= 0.6 is 0 Å². The third kappa shape index (κ3) is 5.28. The number of nitrogens with zero attached hydrogens (tertiary/aromatic N) is 1. The molecule has 0 aliphatic rings. The second kappa shape index (κ2) is 7.38. The standard InChI is InChI=1S/C14H22F2N2O2/c1-14(2,6-4-8-19)10-17-13(20)11-5-3-7-18(11)9-12(15)16/h3,5,7,12,19H,4,6,8-10H2,1-2H3,(H,17,20). The normalized spacial score (nSPS) is 11.9. The van der Waals surface area contributed by atoms with Gasteiger partial charge in [0.25, 0.3) is 12.3 Å². The number of aliphatic hydroxyl groups excluding tert-OH is 1. The Morgan fingerprint density at radius 2 is 2.20 bits per heavy atom. The van der Waals surface area contributed by atoms with Crippen LogP contribution in [0.3, 0.4) is 0 Å². The largest absolute Gasteiger partial charge is 0.396 e. The number of halogens is 2. The van der Waals surface area contributed by atoms with E-state index >= 15 is 0 Å². The Morgan fingerprint density at radius 1 is 1.50 bits per heavy atom. The maximum atomic E-state index is 12.4. The summed E-state index contributed by atoms with van der Waals surface area (Å²) in [6.45, 7) is 4.05. The van der Waals surface area contributed by atoms with Crippen LogP contribution in [0.1, 0.15) is 37.2 Å². The number of nitrogens with one attached hydrogen (secondary N) is 1. The highest BCUT2D eigenvalue weighted by molar-refractivity contribution is 5.92. The van der Waals surface area contributed by atoms with E-state index in [0.717, 1.165) is 6.42 Å². The zero-order valence-electron chi connectivity index (χ0n) is 11.9. The Labute approximate surface area is 117 Å². The second-order valence-corrected chi connectivity index (χ2v) is 5.61. The van der Waals surface area contributed by atoms with E-state index in [1.807, 2.05) is 13.8 Å². The van der Waals surface area contributed by atoms with E-state index in [-0.39, 0.29) is 23.6 Å². The molecule has 0 radical (unpaired) electrons. The molecule has 114 valence electrons. The van der Waals surface area contributed by atoms with E-state index in [9.17, 15) is 13.6 Å². The lowest BCUT2D eigenvalue weighted by Gasteiger charge is -2.24. The number of aromatic nitrogens is 1. The van der Waals surface area contributed by atoms with Crippen LogP contribution in [0.2, 0.25) is 0 Å². The maximum absolute atomic E-state index is 12.4. The van der Waals surface area contributed by atoms with E-state index in [2.05, 4.69) is 5.32 Å². The van der Waals surface area contributed by atoms with Crippen LogP contribution in [0.25, 0.3) is 0 Å². The van der Waals surface area contributed by atoms with Gasteiger partial charge in [-0.3, -0.25) is 4.79 Å². The molecular weight excluding hydrogens is 266 g/mol. The van der Waals surface area contributed by atoms with Crippen molar-refractivity contribution >= 4 is 5.91 Å². The van der Waals surface area contributed by atoms with Crippen LogP contribution in [0.4, 0.5) is 8.78 Å². The lowest BCUT2D eigenvalue weighted by molar-refractivity contribution is 0.0910. The molecule has 0 atom stereocenters. The molecule has 0 fully saturated rings. The van der Waals surface area contributed by atoms with E-state index in [4.69, 9.17) is 5.11 Å². The minimum Gasteiger partial charge on any atom is -0.396 e. The van der Waals surface area contributed by atoms with Gasteiger partial charge >= 0.3 is 0 Å². The van der Waals surface area contributed by atoms with Crippen molar-refractivity contribution in [1.29, 1.82) is 0 Å². The summed E-state index contributed by atoms with van der Waals surface area (Å²) in [5.41, 5.74) is 0.0988. The first-order valence-corrected chi connectivity index (χ1v) is 6.68. The molecule has 0 saturated carbocycles. The highest BCUT2D eigenvalue weighted by atomic mass is 19.3. The summed E-state index contributed by atoms with van der Waals surface area (Å²) in [4.78, 5) is 12.0. The molecule has 0 saturated heterocycles. The zero-order valence-corrected chi connectivity index (χ0v) is 11.9. The fourth-order valence-corrected chi connectivity index (χ4v) is 1.98. The average molecular weight is 288 g/mol. The molecule has 1 rings (SSSR count). The summed E-state index contributed by atoms with van der Waals surface area (Å²) >= 11 is 0. The number of hydrogen-bond acceptors (Lipinski definition) is 2. The fraction of sp³-hybridized carbons (Fsp3) is 0.643. The Bertz CT molecular complexity index is 431.